The van der Waals surface area contributed by atoms with Crippen molar-refractivity contribution >= 4 is 0 Å². The molecule has 0 N–H and O–H groups in total. The van der Waals surface area contributed by atoms with Crippen LogP contribution < -0.4 is 0 Å². The Morgan fingerprint density at radius 1 is 0.222 bits per heavy atom. The zero-order valence-electron chi connectivity index (χ0n) is 29.2. The normalized spacial score (nSPS) is 11.0. The van der Waals surface area contributed by atoms with E-state index < -0.39 is 0 Å². The van der Waals surface area contributed by atoms with Crippen LogP contribution in [-0.4, -0.2) is 29.9 Å². The van der Waals surface area contributed by atoms with Gasteiger partial charge in [-0.05, 0) is 47.0 Å². The van der Waals surface area contributed by atoms with Crippen LogP contribution in [0.2, 0.25) is 0 Å². The molecule has 0 saturated heterocycles. The lowest BCUT2D eigenvalue weighted by atomic mass is 10.0. The summed E-state index contributed by atoms with van der Waals surface area (Å²) in [6, 6.07) is 63.2. The Hall–Kier alpha value is -7.44. The number of nitrogens with zero attached hydrogens (tertiary/aromatic N) is 6. The van der Waals surface area contributed by atoms with Gasteiger partial charge in [0.05, 0.1) is 28.5 Å². The van der Waals surface area contributed by atoms with Gasteiger partial charge < -0.3 is 0 Å². The van der Waals surface area contributed by atoms with Gasteiger partial charge in [-0.2, -0.15) is 0 Å². The zero-order valence-corrected chi connectivity index (χ0v) is 29.2. The summed E-state index contributed by atoms with van der Waals surface area (Å²) in [5.41, 5.74) is 12.1. The van der Waals surface area contributed by atoms with Crippen molar-refractivity contribution in [3.63, 3.8) is 0 Å². The number of pyridine rings is 3. The molecule has 0 aliphatic rings. The molecule has 0 spiro atoms. The van der Waals surface area contributed by atoms with Gasteiger partial charge in [-0.3, -0.25) is 4.98 Å². The monoisotopic (exact) mass is 692 g/mol. The Bertz CT molecular complexity index is 2610. The summed E-state index contributed by atoms with van der Waals surface area (Å²) >= 11 is 0. The molecule has 0 atom stereocenters. The molecule has 0 amide bonds. The summed E-state index contributed by atoms with van der Waals surface area (Å²) in [5.74, 6) is 1.89. The number of rotatable bonds is 8. The lowest BCUT2D eigenvalue weighted by Gasteiger charge is -2.11. The summed E-state index contributed by atoms with van der Waals surface area (Å²) in [4.78, 5) is 29.6. The lowest BCUT2D eigenvalue weighted by Crippen LogP contribution is -2.00. The number of aromatic nitrogens is 6. The fourth-order valence-electron chi connectivity index (χ4n) is 6.40. The first kappa shape index (κ1) is 32.5. The molecule has 5 aromatic carbocycles. The molecule has 254 valence electrons. The van der Waals surface area contributed by atoms with E-state index in [4.69, 9.17) is 29.9 Å². The molecule has 9 rings (SSSR count). The van der Waals surface area contributed by atoms with E-state index in [-0.39, 0.29) is 0 Å². The maximum Gasteiger partial charge on any atom is 0.164 e. The molecule has 0 bridgehead atoms. The molecule has 0 saturated carbocycles. The quantitative estimate of drug-likeness (QED) is 0.158. The van der Waals surface area contributed by atoms with Crippen LogP contribution in [0.3, 0.4) is 0 Å². The van der Waals surface area contributed by atoms with Crippen LogP contribution in [0.1, 0.15) is 0 Å². The van der Waals surface area contributed by atoms with Gasteiger partial charge in [-0.25, -0.2) is 24.9 Å². The van der Waals surface area contributed by atoms with Gasteiger partial charge in [0.2, 0.25) is 0 Å². The average molecular weight is 693 g/mol. The molecule has 9 aromatic rings. The van der Waals surface area contributed by atoms with Crippen molar-refractivity contribution in [1.29, 1.82) is 0 Å². The van der Waals surface area contributed by atoms with E-state index in [2.05, 4.69) is 66.7 Å². The van der Waals surface area contributed by atoms with E-state index in [0.29, 0.717) is 17.5 Å². The minimum atomic E-state index is 0.617. The van der Waals surface area contributed by atoms with Gasteiger partial charge in [0.15, 0.2) is 17.5 Å². The molecule has 0 fully saturated rings. The van der Waals surface area contributed by atoms with Crippen LogP contribution in [0.15, 0.2) is 194 Å². The third-order valence-corrected chi connectivity index (χ3v) is 9.22. The molecule has 0 aliphatic heterocycles. The van der Waals surface area contributed by atoms with Crippen molar-refractivity contribution in [3.8, 4) is 90.5 Å². The molecular weight excluding hydrogens is 661 g/mol. The van der Waals surface area contributed by atoms with Gasteiger partial charge in [0, 0.05) is 34.0 Å². The summed E-state index contributed by atoms with van der Waals surface area (Å²) < 4.78 is 0. The Labute approximate surface area is 313 Å². The molecule has 4 heterocycles. The Kier molecular flexibility index (Phi) is 8.81. The highest BCUT2D eigenvalue weighted by Crippen LogP contribution is 2.32. The fraction of sp³-hybridized carbons (Fsp3) is 0. The summed E-state index contributed by atoms with van der Waals surface area (Å²) in [6.45, 7) is 0. The smallest absolute Gasteiger partial charge is 0.164 e. The van der Waals surface area contributed by atoms with Gasteiger partial charge >= 0.3 is 0 Å². The van der Waals surface area contributed by atoms with Crippen molar-refractivity contribution in [2.75, 3.05) is 0 Å². The third-order valence-electron chi connectivity index (χ3n) is 9.22. The Balaban J connectivity index is 1.04. The highest BCUT2D eigenvalue weighted by molar-refractivity contribution is 5.77. The third kappa shape index (κ3) is 6.92. The molecule has 0 aliphatic carbocycles. The first-order valence-electron chi connectivity index (χ1n) is 17.8. The summed E-state index contributed by atoms with van der Waals surface area (Å²) in [6.07, 6.45) is 1.90. The fourth-order valence-corrected chi connectivity index (χ4v) is 6.40. The number of hydrogen-bond acceptors (Lipinski definition) is 6. The van der Waals surface area contributed by atoms with Crippen molar-refractivity contribution in [3.05, 3.63) is 194 Å². The largest absolute Gasteiger partial charge is 0.254 e. The minimum Gasteiger partial charge on any atom is -0.254 e. The first-order valence-corrected chi connectivity index (χ1v) is 17.8. The molecule has 4 aromatic heterocycles. The SMILES string of the molecule is c1ccc(-c2cc(-c3ccc(-c4ccc(-c5nc(-c6ccccc6)nc(-c6ccccc6)n5)cc4)cn3)nc(-c3cccc(-c4ccccc4)n3)c2)cc1. The number of hydrogen-bond donors (Lipinski definition) is 0. The van der Waals surface area contributed by atoms with Crippen molar-refractivity contribution in [2.45, 2.75) is 0 Å². The van der Waals surface area contributed by atoms with Crippen molar-refractivity contribution in [2.24, 2.45) is 0 Å². The minimum absolute atomic E-state index is 0.617. The second-order valence-corrected chi connectivity index (χ2v) is 12.8. The van der Waals surface area contributed by atoms with Crippen molar-refractivity contribution < 1.29 is 0 Å². The maximum absolute atomic E-state index is 5.10. The standard InChI is InChI=1S/C48H32N6/c1-5-14-33(15-6-1)40-30-44(51-45(31-40)43-23-13-22-41(50-43)35-16-7-2-8-17-35)42-29-28-39(32-49-42)34-24-26-38(27-25-34)48-53-46(36-18-9-3-10-19-36)52-47(54-48)37-20-11-4-12-21-37/h1-32H. The van der Waals surface area contributed by atoms with E-state index in [1.165, 1.54) is 0 Å². The number of benzene rings is 5. The van der Waals surface area contributed by atoms with Crippen molar-refractivity contribution in [1.82, 2.24) is 29.9 Å². The summed E-state index contributed by atoms with van der Waals surface area (Å²) in [7, 11) is 0. The second kappa shape index (κ2) is 14.7. The Morgan fingerprint density at radius 3 is 1.17 bits per heavy atom. The van der Waals surface area contributed by atoms with Gasteiger partial charge in [0.1, 0.15) is 0 Å². The average Bonchev–Trinajstić information content (AvgIpc) is 3.27. The van der Waals surface area contributed by atoms with Crippen LogP contribution in [0.4, 0.5) is 0 Å². The van der Waals surface area contributed by atoms with Crippen LogP contribution >= 0.6 is 0 Å². The van der Waals surface area contributed by atoms with E-state index in [1.807, 2.05) is 128 Å². The zero-order chi connectivity index (χ0) is 36.1. The van der Waals surface area contributed by atoms with Crippen LogP contribution in [0, 0.1) is 0 Å². The van der Waals surface area contributed by atoms with Crippen LogP contribution in [-0.2, 0) is 0 Å². The van der Waals surface area contributed by atoms with Gasteiger partial charge in [-0.1, -0.05) is 158 Å². The first-order chi connectivity index (χ1) is 26.7. The molecule has 0 unspecified atom stereocenters. The molecule has 0 radical (unpaired) electrons. The van der Waals surface area contributed by atoms with E-state index in [0.717, 1.165) is 73.0 Å². The van der Waals surface area contributed by atoms with Gasteiger partial charge in [-0.15, -0.1) is 0 Å². The molecular formula is C48H32N6. The maximum atomic E-state index is 5.10. The highest BCUT2D eigenvalue weighted by Gasteiger charge is 2.14. The Morgan fingerprint density at radius 2 is 0.630 bits per heavy atom. The molecule has 6 nitrogen and oxygen atoms in total. The predicted octanol–water partition coefficient (Wildman–Crippen LogP) is 11.4. The van der Waals surface area contributed by atoms with E-state index in [9.17, 15) is 0 Å². The van der Waals surface area contributed by atoms with Crippen LogP contribution in [0.5, 0.6) is 0 Å². The predicted molar refractivity (Wildman–Crippen MR) is 217 cm³/mol. The second-order valence-electron chi connectivity index (χ2n) is 12.8. The topological polar surface area (TPSA) is 77.3 Å². The van der Waals surface area contributed by atoms with E-state index >= 15 is 0 Å². The van der Waals surface area contributed by atoms with E-state index in [1.54, 1.807) is 0 Å². The van der Waals surface area contributed by atoms with Crippen LogP contribution in [0.25, 0.3) is 90.5 Å². The molecule has 6 heteroatoms. The van der Waals surface area contributed by atoms with Gasteiger partial charge in [0.25, 0.3) is 0 Å². The summed E-state index contributed by atoms with van der Waals surface area (Å²) in [5, 5.41) is 0. The lowest BCUT2D eigenvalue weighted by molar-refractivity contribution is 1.07. The highest BCUT2D eigenvalue weighted by atomic mass is 15.0. The molecule has 54 heavy (non-hydrogen) atoms.